The summed E-state index contributed by atoms with van der Waals surface area (Å²) in [7, 11) is 4.73. The second-order valence-corrected chi connectivity index (χ2v) is 7.38. The molecule has 0 amide bonds. The van der Waals surface area contributed by atoms with Crippen LogP contribution in [0.4, 0.5) is 10.1 Å². The van der Waals surface area contributed by atoms with Crippen molar-refractivity contribution in [3.8, 4) is 22.8 Å². The van der Waals surface area contributed by atoms with Gasteiger partial charge in [0, 0.05) is 31.3 Å². The van der Waals surface area contributed by atoms with Crippen molar-refractivity contribution < 1.29 is 13.9 Å². The first kappa shape index (κ1) is 21.3. The third-order valence-electron chi connectivity index (χ3n) is 5.22. The number of methoxy groups -OCH3 is 2. The van der Waals surface area contributed by atoms with Gasteiger partial charge in [-0.15, -0.1) is 0 Å². The minimum absolute atomic E-state index is 0.260. The molecule has 0 saturated heterocycles. The summed E-state index contributed by atoms with van der Waals surface area (Å²) < 4.78 is 24.9. The third-order valence-corrected chi connectivity index (χ3v) is 5.22. The molecule has 0 aliphatic heterocycles. The Morgan fingerprint density at radius 3 is 2.50 bits per heavy atom. The number of pyridine rings is 1. The second kappa shape index (κ2) is 8.66. The van der Waals surface area contributed by atoms with Crippen LogP contribution in [0.1, 0.15) is 17.0 Å². The SMILES string of the molecule is CNc1c(F)cc(C)cc1-c1ccc(Cc2nc3cc(OC)c(OC)cc3c(=O)[nH]2)cn1. The zero-order valence-electron chi connectivity index (χ0n) is 18.2. The summed E-state index contributed by atoms with van der Waals surface area (Å²) in [6.07, 6.45) is 2.08. The van der Waals surface area contributed by atoms with Crippen LogP contribution in [0.5, 0.6) is 11.5 Å². The molecule has 0 unspecified atom stereocenters. The lowest BCUT2D eigenvalue weighted by Gasteiger charge is -2.12. The van der Waals surface area contributed by atoms with Crippen LogP contribution in [0.3, 0.4) is 0 Å². The van der Waals surface area contributed by atoms with Crippen LogP contribution in [-0.4, -0.2) is 36.2 Å². The summed E-state index contributed by atoms with van der Waals surface area (Å²) in [4.78, 5) is 24.5. The Morgan fingerprint density at radius 1 is 1.09 bits per heavy atom. The summed E-state index contributed by atoms with van der Waals surface area (Å²) in [5, 5.41) is 3.32. The van der Waals surface area contributed by atoms with Gasteiger partial charge in [-0.25, -0.2) is 9.37 Å². The van der Waals surface area contributed by atoms with Crippen molar-refractivity contribution >= 4 is 16.6 Å². The van der Waals surface area contributed by atoms with Gasteiger partial charge in [0.05, 0.1) is 36.5 Å². The molecule has 0 radical (unpaired) electrons. The Balaban J connectivity index is 1.66. The van der Waals surface area contributed by atoms with E-state index in [9.17, 15) is 9.18 Å². The second-order valence-electron chi connectivity index (χ2n) is 7.38. The Kier molecular flexibility index (Phi) is 5.77. The Hall–Kier alpha value is -3.94. The minimum atomic E-state index is -0.321. The summed E-state index contributed by atoms with van der Waals surface area (Å²) in [6, 6.07) is 10.4. The first-order chi connectivity index (χ1) is 15.4. The number of hydrogen-bond acceptors (Lipinski definition) is 6. The average molecular weight is 434 g/mol. The number of benzene rings is 2. The van der Waals surface area contributed by atoms with E-state index in [4.69, 9.17) is 9.47 Å². The van der Waals surface area contributed by atoms with Gasteiger partial charge in [0.15, 0.2) is 11.5 Å². The lowest BCUT2D eigenvalue weighted by atomic mass is 10.0. The van der Waals surface area contributed by atoms with Crippen molar-refractivity contribution in [3.63, 3.8) is 0 Å². The van der Waals surface area contributed by atoms with Gasteiger partial charge in [-0.05, 0) is 42.3 Å². The predicted octanol–water partition coefficient (Wildman–Crippen LogP) is 4.08. The Labute approximate surface area is 184 Å². The quantitative estimate of drug-likeness (QED) is 0.475. The van der Waals surface area contributed by atoms with Gasteiger partial charge in [0.25, 0.3) is 5.56 Å². The molecule has 2 heterocycles. The number of hydrogen-bond donors (Lipinski definition) is 2. The van der Waals surface area contributed by atoms with E-state index in [1.165, 1.54) is 20.3 Å². The molecule has 4 aromatic rings. The van der Waals surface area contributed by atoms with E-state index in [0.717, 1.165) is 11.1 Å². The number of H-pyrrole nitrogens is 1. The van der Waals surface area contributed by atoms with E-state index in [0.29, 0.717) is 51.6 Å². The first-order valence-electron chi connectivity index (χ1n) is 10.0. The molecule has 0 atom stereocenters. The normalized spacial score (nSPS) is 10.9. The monoisotopic (exact) mass is 434 g/mol. The van der Waals surface area contributed by atoms with Crippen molar-refractivity contribution in [1.82, 2.24) is 15.0 Å². The van der Waals surface area contributed by atoms with E-state index < -0.39 is 0 Å². The maximum atomic E-state index is 14.3. The van der Waals surface area contributed by atoms with Crippen molar-refractivity contribution in [1.29, 1.82) is 0 Å². The highest BCUT2D eigenvalue weighted by molar-refractivity contribution is 5.82. The van der Waals surface area contributed by atoms with E-state index >= 15 is 0 Å². The van der Waals surface area contributed by atoms with Crippen LogP contribution < -0.4 is 20.3 Å². The van der Waals surface area contributed by atoms with Crippen LogP contribution in [0.15, 0.2) is 47.4 Å². The zero-order valence-corrected chi connectivity index (χ0v) is 18.2. The van der Waals surface area contributed by atoms with Gasteiger partial charge in [0.1, 0.15) is 11.6 Å². The van der Waals surface area contributed by atoms with E-state index in [-0.39, 0.29) is 11.4 Å². The largest absolute Gasteiger partial charge is 0.493 e. The summed E-state index contributed by atoms with van der Waals surface area (Å²) in [5.74, 6) is 1.15. The predicted molar refractivity (Wildman–Crippen MR) is 122 cm³/mol. The summed E-state index contributed by atoms with van der Waals surface area (Å²) >= 11 is 0. The average Bonchev–Trinajstić information content (AvgIpc) is 2.78. The molecule has 8 heteroatoms. The molecule has 0 saturated carbocycles. The Morgan fingerprint density at radius 2 is 1.84 bits per heavy atom. The molecule has 2 aromatic carbocycles. The highest BCUT2D eigenvalue weighted by Gasteiger charge is 2.13. The number of nitrogens with one attached hydrogen (secondary N) is 2. The topological polar surface area (TPSA) is 89.1 Å². The molecule has 0 aliphatic carbocycles. The van der Waals surface area contributed by atoms with Crippen LogP contribution in [0.2, 0.25) is 0 Å². The number of fused-ring (bicyclic) bond motifs is 1. The van der Waals surface area contributed by atoms with Gasteiger partial charge in [-0.1, -0.05) is 6.07 Å². The molecular weight excluding hydrogens is 411 g/mol. The molecule has 0 aliphatic rings. The number of ether oxygens (including phenoxy) is 2. The molecule has 164 valence electrons. The van der Waals surface area contributed by atoms with Crippen LogP contribution in [0, 0.1) is 12.7 Å². The number of nitrogens with zero attached hydrogens (tertiary/aromatic N) is 2. The Bertz CT molecular complexity index is 1350. The molecule has 4 rings (SSSR count). The summed E-state index contributed by atoms with van der Waals surface area (Å²) in [6.45, 7) is 1.84. The molecular formula is C24H23FN4O3. The number of aromatic amines is 1. The summed E-state index contributed by atoms with van der Waals surface area (Å²) in [5.41, 5.74) is 3.67. The van der Waals surface area contributed by atoms with Crippen molar-refractivity contribution in [2.45, 2.75) is 13.3 Å². The van der Waals surface area contributed by atoms with Crippen LogP contribution in [0.25, 0.3) is 22.2 Å². The lowest BCUT2D eigenvalue weighted by molar-refractivity contribution is 0.355. The van der Waals surface area contributed by atoms with E-state index in [2.05, 4.69) is 20.3 Å². The number of halogens is 1. The van der Waals surface area contributed by atoms with Crippen molar-refractivity contribution in [3.05, 3.63) is 75.7 Å². The highest BCUT2D eigenvalue weighted by atomic mass is 19.1. The third kappa shape index (κ3) is 3.99. The fourth-order valence-corrected chi connectivity index (χ4v) is 3.68. The highest BCUT2D eigenvalue weighted by Crippen LogP contribution is 2.31. The van der Waals surface area contributed by atoms with Crippen LogP contribution in [-0.2, 0) is 6.42 Å². The van der Waals surface area contributed by atoms with Gasteiger partial charge < -0.3 is 19.8 Å². The zero-order chi connectivity index (χ0) is 22.8. The first-order valence-corrected chi connectivity index (χ1v) is 10.0. The van der Waals surface area contributed by atoms with E-state index in [1.54, 1.807) is 25.4 Å². The maximum absolute atomic E-state index is 14.3. The van der Waals surface area contributed by atoms with Gasteiger partial charge in [-0.2, -0.15) is 0 Å². The number of anilines is 1. The number of rotatable bonds is 6. The maximum Gasteiger partial charge on any atom is 0.258 e. The molecule has 32 heavy (non-hydrogen) atoms. The molecule has 2 N–H and O–H groups in total. The lowest BCUT2D eigenvalue weighted by Crippen LogP contribution is -2.12. The van der Waals surface area contributed by atoms with Crippen molar-refractivity contribution in [2.24, 2.45) is 0 Å². The van der Waals surface area contributed by atoms with Gasteiger partial charge in [-0.3, -0.25) is 9.78 Å². The molecule has 0 spiro atoms. The fourth-order valence-electron chi connectivity index (χ4n) is 3.68. The molecule has 7 nitrogen and oxygen atoms in total. The molecule has 2 aromatic heterocycles. The number of aromatic nitrogens is 3. The molecule has 0 bridgehead atoms. The van der Waals surface area contributed by atoms with E-state index in [1.807, 2.05) is 25.1 Å². The minimum Gasteiger partial charge on any atom is -0.493 e. The van der Waals surface area contributed by atoms with Crippen molar-refractivity contribution in [2.75, 3.05) is 26.6 Å². The van der Waals surface area contributed by atoms with Crippen LogP contribution >= 0.6 is 0 Å². The smallest absolute Gasteiger partial charge is 0.258 e. The number of aryl methyl sites for hydroxylation is 1. The van der Waals surface area contributed by atoms with Gasteiger partial charge >= 0.3 is 0 Å². The standard InChI is InChI=1S/C24H23FN4O3/c1-13-7-15(23(26-2)17(25)8-13)18-6-5-14(12-27-18)9-22-28-19-11-21(32-4)20(31-3)10-16(19)24(30)29-22/h5-8,10-12,26H,9H2,1-4H3,(H,28,29,30). The molecule has 0 fully saturated rings. The van der Waals surface area contributed by atoms with Gasteiger partial charge in [0.2, 0.25) is 0 Å². The fraction of sp³-hybridized carbons (Fsp3) is 0.208.